The SMILES string of the molecule is Nc1ccc(-c2nc3cc(C(=O)NC45CC6CC(CC(C6)C4)C5)ncc3[nH]2)cc1. The second-order valence-corrected chi connectivity index (χ2v) is 9.45. The summed E-state index contributed by atoms with van der Waals surface area (Å²) in [5, 5.41) is 3.40. The molecule has 0 saturated heterocycles. The molecule has 2 aromatic heterocycles. The van der Waals surface area contributed by atoms with Gasteiger partial charge in [-0.3, -0.25) is 4.79 Å². The molecule has 4 bridgehead atoms. The van der Waals surface area contributed by atoms with Crippen LogP contribution in [0.15, 0.2) is 36.5 Å². The number of carbonyl (C=O) groups excluding carboxylic acids is 1. The molecule has 0 radical (unpaired) electrons. The highest BCUT2D eigenvalue weighted by Crippen LogP contribution is 2.55. The monoisotopic (exact) mass is 387 g/mol. The summed E-state index contributed by atoms with van der Waals surface area (Å²) in [6, 6.07) is 9.36. The number of nitrogen functional groups attached to an aromatic ring is 1. The summed E-state index contributed by atoms with van der Waals surface area (Å²) < 4.78 is 0. The van der Waals surface area contributed by atoms with Crippen molar-refractivity contribution in [3.05, 3.63) is 42.2 Å². The fraction of sp³-hybridized carbons (Fsp3) is 0.435. The molecule has 4 aliphatic rings. The molecule has 29 heavy (non-hydrogen) atoms. The molecule has 7 rings (SSSR count). The van der Waals surface area contributed by atoms with Gasteiger partial charge < -0.3 is 16.0 Å². The Morgan fingerprint density at radius 2 is 1.72 bits per heavy atom. The number of nitrogens with one attached hydrogen (secondary N) is 2. The van der Waals surface area contributed by atoms with Crippen molar-refractivity contribution < 1.29 is 4.79 Å². The van der Waals surface area contributed by atoms with Crippen molar-refractivity contribution in [2.24, 2.45) is 17.8 Å². The molecule has 1 aromatic carbocycles. The van der Waals surface area contributed by atoms with Gasteiger partial charge in [0.15, 0.2) is 0 Å². The van der Waals surface area contributed by atoms with Crippen LogP contribution in [0, 0.1) is 17.8 Å². The van der Waals surface area contributed by atoms with Crippen LogP contribution in [0.3, 0.4) is 0 Å². The van der Waals surface area contributed by atoms with Gasteiger partial charge >= 0.3 is 0 Å². The molecule has 4 saturated carbocycles. The number of benzene rings is 1. The Balaban J connectivity index is 1.27. The van der Waals surface area contributed by atoms with E-state index in [-0.39, 0.29) is 11.4 Å². The summed E-state index contributed by atoms with van der Waals surface area (Å²) >= 11 is 0. The van der Waals surface area contributed by atoms with Crippen LogP contribution in [-0.2, 0) is 0 Å². The van der Waals surface area contributed by atoms with E-state index in [0.29, 0.717) is 5.69 Å². The van der Waals surface area contributed by atoms with Crippen molar-refractivity contribution in [2.45, 2.75) is 44.1 Å². The van der Waals surface area contributed by atoms with E-state index in [1.54, 1.807) is 12.3 Å². The van der Waals surface area contributed by atoms with E-state index in [1.807, 2.05) is 24.3 Å². The Kier molecular flexibility index (Phi) is 3.55. The van der Waals surface area contributed by atoms with Gasteiger partial charge in [-0.2, -0.15) is 0 Å². The maximum absolute atomic E-state index is 13.1. The first-order valence-electron chi connectivity index (χ1n) is 10.6. The lowest BCUT2D eigenvalue weighted by Crippen LogP contribution is -2.59. The fourth-order valence-corrected chi connectivity index (χ4v) is 6.38. The maximum atomic E-state index is 13.1. The second kappa shape index (κ2) is 6.05. The van der Waals surface area contributed by atoms with Crippen LogP contribution in [-0.4, -0.2) is 26.4 Å². The quantitative estimate of drug-likeness (QED) is 0.594. The van der Waals surface area contributed by atoms with Crippen molar-refractivity contribution in [1.82, 2.24) is 20.3 Å². The number of amides is 1. The number of carbonyl (C=O) groups is 1. The van der Waals surface area contributed by atoms with Crippen LogP contribution in [0.5, 0.6) is 0 Å². The van der Waals surface area contributed by atoms with E-state index in [2.05, 4.69) is 20.3 Å². The molecule has 0 spiro atoms. The minimum Gasteiger partial charge on any atom is -0.399 e. The number of hydrogen-bond donors (Lipinski definition) is 3. The number of aromatic amines is 1. The van der Waals surface area contributed by atoms with Crippen molar-refractivity contribution in [2.75, 3.05) is 5.73 Å². The average Bonchev–Trinajstić information content (AvgIpc) is 3.10. The van der Waals surface area contributed by atoms with Crippen LogP contribution >= 0.6 is 0 Å². The Labute approximate surface area is 169 Å². The summed E-state index contributed by atoms with van der Waals surface area (Å²) in [5.41, 5.74) is 9.45. The van der Waals surface area contributed by atoms with Gasteiger partial charge in [0.25, 0.3) is 5.91 Å². The Morgan fingerprint density at radius 3 is 2.38 bits per heavy atom. The molecule has 4 aliphatic carbocycles. The van der Waals surface area contributed by atoms with E-state index in [4.69, 9.17) is 5.73 Å². The van der Waals surface area contributed by atoms with E-state index in [9.17, 15) is 4.79 Å². The number of imidazole rings is 1. The van der Waals surface area contributed by atoms with Crippen LogP contribution in [0.25, 0.3) is 22.4 Å². The molecule has 0 unspecified atom stereocenters. The smallest absolute Gasteiger partial charge is 0.270 e. The maximum Gasteiger partial charge on any atom is 0.270 e. The predicted molar refractivity (Wildman–Crippen MR) is 112 cm³/mol. The lowest BCUT2D eigenvalue weighted by Gasteiger charge is -2.56. The van der Waals surface area contributed by atoms with Gasteiger partial charge in [0.1, 0.15) is 11.5 Å². The van der Waals surface area contributed by atoms with Crippen LogP contribution in [0.4, 0.5) is 5.69 Å². The zero-order chi connectivity index (χ0) is 19.6. The van der Waals surface area contributed by atoms with E-state index >= 15 is 0 Å². The molecule has 6 heteroatoms. The first-order valence-corrected chi connectivity index (χ1v) is 10.6. The highest BCUT2D eigenvalue weighted by Gasteiger charge is 2.51. The van der Waals surface area contributed by atoms with Gasteiger partial charge in [-0.25, -0.2) is 9.97 Å². The summed E-state index contributed by atoms with van der Waals surface area (Å²) in [6.07, 6.45) is 9.20. The summed E-state index contributed by atoms with van der Waals surface area (Å²) in [5.74, 6) is 3.08. The fourth-order valence-electron chi connectivity index (χ4n) is 6.38. The predicted octanol–water partition coefficient (Wildman–Crippen LogP) is 3.91. The van der Waals surface area contributed by atoms with Crippen LogP contribution < -0.4 is 11.1 Å². The topological polar surface area (TPSA) is 96.7 Å². The third kappa shape index (κ3) is 2.89. The first kappa shape index (κ1) is 17.0. The van der Waals surface area contributed by atoms with Crippen molar-refractivity contribution in [1.29, 1.82) is 0 Å². The van der Waals surface area contributed by atoms with Crippen LogP contribution in [0.2, 0.25) is 0 Å². The van der Waals surface area contributed by atoms with Gasteiger partial charge in [-0.05, 0) is 86.6 Å². The molecule has 3 aromatic rings. The number of H-pyrrole nitrogens is 1. The zero-order valence-electron chi connectivity index (χ0n) is 16.3. The minimum atomic E-state index is -0.0640. The minimum absolute atomic E-state index is 0.0107. The summed E-state index contributed by atoms with van der Waals surface area (Å²) in [6.45, 7) is 0. The van der Waals surface area contributed by atoms with Crippen LogP contribution in [0.1, 0.15) is 49.0 Å². The number of anilines is 1. The first-order chi connectivity index (χ1) is 14.1. The Morgan fingerprint density at radius 1 is 1.07 bits per heavy atom. The highest BCUT2D eigenvalue weighted by atomic mass is 16.2. The van der Waals surface area contributed by atoms with Gasteiger partial charge in [0.2, 0.25) is 0 Å². The number of nitrogens with zero attached hydrogens (tertiary/aromatic N) is 2. The van der Waals surface area contributed by atoms with Gasteiger partial charge in [0.05, 0.1) is 17.2 Å². The molecule has 0 atom stereocenters. The third-order valence-corrected chi connectivity index (χ3v) is 7.20. The van der Waals surface area contributed by atoms with Crippen molar-refractivity contribution >= 4 is 22.6 Å². The molecule has 6 nitrogen and oxygen atoms in total. The number of fused-ring (bicyclic) bond motifs is 1. The molecule has 2 heterocycles. The average molecular weight is 387 g/mol. The molecule has 0 aliphatic heterocycles. The number of rotatable bonds is 3. The summed E-state index contributed by atoms with van der Waals surface area (Å²) in [7, 11) is 0. The van der Waals surface area contributed by atoms with E-state index in [1.165, 1.54) is 19.3 Å². The molecular formula is C23H25N5O. The van der Waals surface area contributed by atoms with Gasteiger partial charge in [-0.15, -0.1) is 0 Å². The Hall–Kier alpha value is -2.89. The third-order valence-electron chi connectivity index (χ3n) is 7.20. The number of nitrogens with two attached hydrogens (primary N) is 1. The van der Waals surface area contributed by atoms with Gasteiger partial charge in [0, 0.05) is 16.8 Å². The van der Waals surface area contributed by atoms with E-state index < -0.39 is 0 Å². The van der Waals surface area contributed by atoms with Crippen molar-refractivity contribution in [3.63, 3.8) is 0 Å². The largest absolute Gasteiger partial charge is 0.399 e. The number of hydrogen-bond acceptors (Lipinski definition) is 4. The molecule has 1 amide bonds. The molecule has 4 fully saturated rings. The highest BCUT2D eigenvalue weighted by molar-refractivity contribution is 5.96. The lowest BCUT2D eigenvalue weighted by atomic mass is 9.53. The summed E-state index contributed by atoms with van der Waals surface area (Å²) in [4.78, 5) is 25.4. The standard InChI is InChI=1S/C23H25N5O/c24-17-3-1-16(2-4-17)21-26-18-8-19(25-12-20(18)27-21)22(29)28-23-9-13-5-14(10-23)7-15(6-13)11-23/h1-4,8,12-15H,5-7,9-11,24H2,(H,26,27)(H,28,29). The number of pyridine rings is 1. The Bertz CT molecular complexity index is 1060. The molecule has 148 valence electrons. The van der Waals surface area contributed by atoms with E-state index in [0.717, 1.165) is 65.1 Å². The zero-order valence-corrected chi connectivity index (χ0v) is 16.3. The second-order valence-electron chi connectivity index (χ2n) is 9.45. The lowest BCUT2D eigenvalue weighted by molar-refractivity contribution is -0.0167. The normalized spacial score (nSPS) is 30.0. The van der Waals surface area contributed by atoms with Crippen molar-refractivity contribution in [3.8, 4) is 11.4 Å². The molecule has 4 N–H and O–H groups in total. The van der Waals surface area contributed by atoms with Gasteiger partial charge in [-0.1, -0.05) is 0 Å². The number of aromatic nitrogens is 3. The molecular weight excluding hydrogens is 362 g/mol.